The van der Waals surface area contributed by atoms with Crippen LogP contribution in [0.15, 0.2) is 18.2 Å². The van der Waals surface area contributed by atoms with Crippen LogP contribution in [0.3, 0.4) is 0 Å². The van der Waals surface area contributed by atoms with Crippen molar-refractivity contribution in [1.29, 1.82) is 0 Å². The lowest BCUT2D eigenvalue weighted by Gasteiger charge is -2.09. The molecule has 4 nitrogen and oxygen atoms in total. The number of hydrogen-bond acceptors (Lipinski definition) is 3. The molecule has 0 atom stereocenters. The van der Waals surface area contributed by atoms with Crippen LogP contribution < -0.4 is 10.1 Å². The van der Waals surface area contributed by atoms with Gasteiger partial charge in [0.2, 0.25) is 0 Å². The Morgan fingerprint density at radius 2 is 2.25 bits per heavy atom. The van der Waals surface area contributed by atoms with Gasteiger partial charge in [-0.25, -0.2) is 0 Å². The van der Waals surface area contributed by atoms with Crippen LogP contribution in [0.2, 0.25) is 0 Å². The van der Waals surface area contributed by atoms with E-state index in [4.69, 9.17) is 9.84 Å². The molecule has 1 aromatic carbocycles. The fraction of sp³-hybridized carbons (Fsp3) is 0.417. The van der Waals surface area contributed by atoms with Crippen molar-refractivity contribution in [2.24, 2.45) is 0 Å². The van der Waals surface area contributed by atoms with Gasteiger partial charge in [0.25, 0.3) is 0 Å². The second-order valence-corrected chi connectivity index (χ2v) is 3.64. The lowest BCUT2D eigenvalue weighted by Crippen LogP contribution is -2.24. The second kappa shape index (κ2) is 6.12. The third kappa shape index (κ3) is 3.90. The number of aliphatic carboxylic acids is 1. The van der Waals surface area contributed by atoms with Gasteiger partial charge in [0.05, 0.1) is 13.7 Å². The fourth-order valence-electron chi connectivity index (χ4n) is 1.52. The summed E-state index contributed by atoms with van der Waals surface area (Å²) in [5.41, 5.74) is 2.27. The lowest BCUT2D eigenvalue weighted by molar-refractivity contribution is -0.135. The van der Waals surface area contributed by atoms with E-state index in [0.29, 0.717) is 6.54 Å². The Bertz CT molecular complexity index is 363. The van der Waals surface area contributed by atoms with E-state index in [0.717, 1.165) is 17.7 Å². The average Bonchev–Trinajstić information content (AvgIpc) is 2.24. The van der Waals surface area contributed by atoms with Crippen molar-refractivity contribution in [1.82, 2.24) is 5.32 Å². The highest BCUT2D eigenvalue weighted by atomic mass is 16.5. The number of rotatable bonds is 6. The summed E-state index contributed by atoms with van der Waals surface area (Å²) in [5.74, 6) is 0.0129. The highest BCUT2D eigenvalue weighted by Crippen LogP contribution is 2.19. The second-order valence-electron chi connectivity index (χ2n) is 3.64. The molecule has 0 aliphatic heterocycles. The largest absolute Gasteiger partial charge is 0.496 e. The van der Waals surface area contributed by atoms with Crippen molar-refractivity contribution in [3.8, 4) is 5.75 Å². The smallest absolute Gasteiger partial charge is 0.317 e. The van der Waals surface area contributed by atoms with Gasteiger partial charge in [-0.15, -0.1) is 0 Å². The molecule has 2 N–H and O–H groups in total. The maximum absolute atomic E-state index is 10.3. The standard InChI is InChI=1S/C12H17NO3/c1-9-3-4-11(16-2)10(7-9)5-6-13-8-12(14)15/h3-4,7,13H,5-6,8H2,1-2H3,(H,14,15). The number of methoxy groups -OCH3 is 1. The summed E-state index contributed by atoms with van der Waals surface area (Å²) in [7, 11) is 1.64. The molecule has 0 heterocycles. The third-order valence-corrected chi connectivity index (χ3v) is 2.28. The van der Waals surface area contributed by atoms with Crippen LogP contribution in [-0.4, -0.2) is 31.3 Å². The first-order valence-corrected chi connectivity index (χ1v) is 5.19. The predicted molar refractivity (Wildman–Crippen MR) is 61.9 cm³/mol. The molecule has 0 bridgehead atoms. The van der Waals surface area contributed by atoms with Gasteiger partial charge in [-0.2, -0.15) is 0 Å². The first-order valence-electron chi connectivity index (χ1n) is 5.19. The molecule has 1 aromatic rings. The van der Waals surface area contributed by atoms with Gasteiger partial charge in [0, 0.05) is 0 Å². The number of ether oxygens (including phenoxy) is 1. The van der Waals surface area contributed by atoms with E-state index >= 15 is 0 Å². The van der Waals surface area contributed by atoms with E-state index in [-0.39, 0.29) is 6.54 Å². The first kappa shape index (κ1) is 12.5. The summed E-state index contributed by atoms with van der Waals surface area (Å²) >= 11 is 0. The van der Waals surface area contributed by atoms with Crippen molar-refractivity contribution in [2.75, 3.05) is 20.2 Å². The zero-order valence-corrected chi connectivity index (χ0v) is 9.62. The molecule has 1 rings (SSSR count). The summed E-state index contributed by atoms with van der Waals surface area (Å²) in [5, 5.41) is 11.3. The first-order chi connectivity index (χ1) is 7.63. The molecule has 16 heavy (non-hydrogen) atoms. The predicted octanol–water partition coefficient (Wildman–Crippen LogP) is 1.22. The summed E-state index contributed by atoms with van der Waals surface area (Å²) in [6, 6.07) is 5.98. The minimum atomic E-state index is -0.837. The molecule has 88 valence electrons. The summed E-state index contributed by atoms with van der Waals surface area (Å²) in [4.78, 5) is 10.3. The van der Waals surface area contributed by atoms with E-state index < -0.39 is 5.97 Å². The number of hydrogen-bond donors (Lipinski definition) is 2. The lowest BCUT2D eigenvalue weighted by atomic mass is 10.1. The van der Waals surface area contributed by atoms with Gasteiger partial charge in [-0.05, 0) is 31.5 Å². The zero-order valence-electron chi connectivity index (χ0n) is 9.62. The van der Waals surface area contributed by atoms with Gasteiger partial charge < -0.3 is 15.2 Å². The van der Waals surface area contributed by atoms with Crippen molar-refractivity contribution in [2.45, 2.75) is 13.3 Å². The van der Waals surface area contributed by atoms with Crippen LogP contribution >= 0.6 is 0 Å². The molecule has 0 amide bonds. The Labute approximate surface area is 95.2 Å². The normalized spacial score (nSPS) is 10.1. The number of carboxylic acid groups (broad SMARTS) is 1. The van der Waals surface area contributed by atoms with Crippen molar-refractivity contribution in [3.05, 3.63) is 29.3 Å². The van der Waals surface area contributed by atoms with E-state index in [1.165, 1.54) is 5.56 Å². The van der Waals surface area contributed by atoms with Gasteiger partial charge in [0.1, 0.15) is 5.75 Å². The molecule has 0 fully saturated rings. The SMILES string of the molecule is COc1ccc(C)cc1CCNCC(=O)O. The van der Waals surface area contributed by atoms with Crippen molar-refractivity contribution >= 4 is 5.97 Å². The zero-order chi connectivity index (χ0) is 12.0. The Morgan fingerprint density at radius 1 is 1.50 bits per heavy atom. The number of nitrogens with one attached hydrogen (secondary N) is 1. The molecule has 0 aliphatic carbocycles. The molecule has 0 aromatic heterocycles. The van der Waals surface area contributed by atoms with E-state index in [1.54, 1.807) is 7.11 Å². The Balaban J connectivity index is 2.51. The summed E-state index contributed by atoms with van der Waals surface area (Å²) in [6.45, 7) is 2.65. The Kier molecular flexibility index (Phi) is 4.79. The number of benzene rings is 1. The maximum atomic E-state index is 10.3. The fourth-order valence-corrected chi connectivity index (χ4v) is 1.52. The van der Waals surface area contributed by atoms with Gasteiger partial charge >= 0.3 is 5.97 Å². The minimum Gasteiger partial charge on any atom is -0.496 e. The Morgan fingerprint density at radius 3 is 2.88 bits per heavy atom. The van der Waals surface area contributed by atoms with Gasteiger partial charge in [0.15, 0.2) is 0 Å². The molecule has 0 spiro atoms. The average molecular weight is 223 g/mol. The molecule has 0 saturated heterocycles. The van der Waals surface area contributed by atoms with E-state index in [1.807, 2.05) is 19.1 Å². The number of carbonyl (C=O) groups is 1. The number of carboxylic acids is 1. The van der Waals surface area contributed by atoms with E-state index in [9.17, 15) is 4.79 Å². The van der Waals surface area contributed by atoms with Gasteiger partial charge in [-0.1, -0.05) is 17.7 Å². The topological polar surface area (TPSA) is 58.6 Å². The molecule has 4 heteroatoms. The molecule has 0 unspecified atom stereocenters. The molecule has 0 saturated carbocycles. The minimum absolute atomic E-state index is 0.00582. The third-order valence-electron chi connectivity index (χ3n) is 2.28. The monoisotopic (exact) mass is 223 g/mol. The molecular weight excluding hydrogens is 206 g/mol. The molecular formula is C12H17NO3. The summed E-state index contributed by atoms with van der Waals surface area (Å²) in [6.07, 6.45) is 0.762. The molecule has 0 radical (unpaired) electrons. The van der Waals surface area contributed by atoms with E-state index in [2.05, 4.69) is 11.4 Å². The van der Waals surface area contributed by atoms with Crippen LogP contribution in [0.25, 0.3) is 0 Å². The van der Waals surface area contributed by atoms with Crippen LogP contribution in [-0.2, 0) is 11.2 Å². The Hall–Kier alpha value is -1.55. The quantitative estimate of drug-likeness (QED) is 0.712. The van der Waals surface area contributed by atoms with Crippen LogP contribution in [0.5, 0.6) is 5.75 Å². The highest BCUT2D eigenvalue weighted by molar-refractivity contribution is 5.68. The maximum Gasteiger partial charge on any atom is 0.317 e. The van der Waals surface area contributed by atoms with Crippen molar-refractivity contribution in [3.63, 3.8) is 0 Å². The van der Waals surface area contributed by atoms with Gasteiger partial charge in [-0.3, -0.25) is 4.79 Å². The van der Waals surface area contributed by atoms with Crippen LogP contribution in [0, 0.1) is 6.92 Å². The highest BCUT2D eigenvalue weighted by Gasteiger charge is 2.03. The van der Waals surface area contributed by atoms with Crippen molar-refractivity contribution < 1.29 is 14.6 Å². The van der Waals surface area contributed by atoms with Crippen LogP contribution in [0.4, 0.5) is 0 Å². The van der Waals surface area contributed by atoms with Crippen LogP contribution in [0.1, 0.15) is 11.1 Å². The number of aryl methyl sites for hydroxylation is 1. The molecule has 0 aliphatic rings. The summed E-state index contributed by atoms with van der Waals surface area (Å²) < 4.78 is 5.23.